The highest BCUT2D eigenvalue weighted by Crippen LogP contribution is 2.27. The topological polar surface area (TPSA) is 49.7 Å². The standard InChI is InChI=1S/C9H12O3/c1-6-3-7(5-10)8(11)4-9(6)12-2/h3-4,10-11H,5H2,1-2H3. The van der Waals surface area contributed by atoms with Gasteiger partial charge in [-0.3, -0.25) is 0 Å². The Morgan fingerprint density at radius 2 is 2.08 bits per heavy atom. The highest BCUT2D eigenvalue weighted by atomic mass is 16.5. The van der Waals surface area contributed by atoms with Gasteiger partial charge in [-0.2, -0.15) is 0 Å². The first-order chi connectivity index (χ1) is 5.69. The molecule has 12 heavy (non-hydrogen) atoms. The Bertz CT molecular complexity index is 252. The maximum atomic E-state index is 9.31. The summed E-state index contributed by atoms with van der Waals surface area (Å²) in [6.45, 7) is 1.70. The summed E-state index contributed by atoms with van der Waals surface area (Å²) in [5, 5.41) is 18.1. The van der Waals surface area contributed by atoms with Crippen molar-refractivity contribution in [3.05, 3.63) is 23.3 Å². The van der Waals surface area contributed by atoms with Crippen molar-refractivity contribution in [2.24, 2.45) is 0 Å². The van der Waals surface area contributed by atoms with Crippen molar-refractivity contribution < 1.29 is 14.9 Å². The molecule has 0 aliphatic rings. The fourth-order valence-corrected chi connectivity index (χ4v) is 1.08. The quantitative estimate of drug-likeness (QED) is 0.697. The van der Waals surface area contributed by atoms with E-state index in [2.05, 4.69) is 0 Å². The van der Waals surface area contributed by atoms with Crippen LogP contribution in [-0.4, -0.2) is 17.3 Å². The number of aryl methyl sites for hydroxylation is 1. The van der Waals surface area contributed by atoms with E-state index in [-0.39, 0.29) is 12.4 Å². The van der Waals surface area contributed by atoms with E-state index < -0.39 is 0 Å². The average Bonchev–Trinajstić information content (AvgIpc) is 2.08. The van der Waals surface area contributed by atoms with Crippen LogP contribution >= 0.6 is 0 Å². The molecule has 3 nitrogen and oxygen atoms in total. The maximum Gasteiger partial charge on any atom is 0.125 e. The molecule has 0 radical (unpaired) electrons. The Balaban J connectivity index is 3.16. The first-order valence-corrected chi connectivity index (χ1v) is 3.66. The lowest BCUT2D eigenvalue weighted by molar-refractivity contribution is 0.275. The van der Waals surface area contributed by atoms with Crippen molar-refractivity contribution in [2.45, 2.75) is 13.5 Å². The summed E-state index contributed by atoms with van der Waals surface area (Å²) in [6, 6.07) is 3.20. The molecule has 0 aliphatic heterocycles. The largest absolute Gasteiger partial charge is 0.507 e. The number of hydrogen-bond acceptors (Lipinski definition) is 3. The Hall–Kier alpha value is -1.22. The SMILES string of the molecule is COc1cc(O)c(CO)cc1C. The minimum atomic E-state index is -0.156. The van der Waals surface area contributed by atoms with E-state index in [0.29, 0.717) is 11.3 Å². The number of rotatable bonds is 2. The second-order valence-corrected chi connectivity index (χ2v) is 2.61. The van der Waals surface area contributed by atoms with E-state index in [0.717, 1.165) is 5.56 Å². The van der Waals surface area contributed by atoms with Crippen LogP contribution in [-0.2, 0) is 6.61 Å². The lowest BCUT2D eigenvalue weighted by Crippen LogP contribution is -1.91. The van der Waals surface area contributed by atoms with Crippen LogP contribution in [0, 0.1) is 6.92 Å². The van der Waals surface area contributed by atoms with Gasteiger partial charge in [0.15, 0.2) is 0 Å². The molecule has 0 saturated heterocycles. The lowest BCUT2D eigenvalue weighted by atomic mass is 10.1. The van der Waals surface area contributed by atoms with Crippen molar-refractivity contribution in [3.63, 3.8) is 0 Å². The van der Waals surface area contributed by atoms with Gasteiger partial charge in [0.05, 0.1) is 13.7 Å². The normalized spacial score (nSPS) is 9.92. The summed E-state index contributed by atoms with van der Waals surface area (Å²) in [5.74, 6) is 0.699. The number of aromatic hydroxyl groups is 1. The van der Waals surface area contributed by atoms with Crippen molar-refractivity contribution in [2.75, 3.05) is 7.11 Å². The van der Waals surface area contributed by atoms with Crippen LogP contribution in [0.1, 0.15) is 11.1 Å². The molecule has 1 aromatic carbocycles. The summed E-state index contributed by atoms with van der Waals surface area (Å²) in [6.07, 6.45) is 0. The van der Waals surface area contributed by atoms with Gasteiger partial charge in [-0.1, -0.05) is 0 Å². The second kappa shape index (κ2) is 3.45. The van der Waals surface area contributed by atoms with Crippen LogP contribution in [0.2, 0.25) is 0 Å². The third-order valence-corrected chi connectivity index (χ3v) is 1.77. The summed E-state index contributed by atoms with van der Waals surface area (Å²) in [5.41, 5.74) is 1.42. The van der Waals surface area contributed by atoms with E-state index in [1.807, 2.05) is 6.92 Å². The van der Waals surface area contributed by atoms with E-state index >= 15 is 0 Å². The summed E-state index contributed by atoms with van der Waals surface area (Å²) < 4.78 is 4.98. The molecule has 1 rings (SSSR count). The molecule has 0 heterocycles. The molecule has 0 bridgehead atoms. The minimum absolute atomic E-state index is 0.0694. The van der Waals surface area contributed by atoms with E-state index in [1.165, 1.54) is 6.07 Å². The molecule has 0 aromatic heterocycles. The molecule has 0 atom stereocenters. The van der Waals surface area contributed by atoms with Gasteiger partial charge in [-0.25, -0.2) is 0 Å². The first-order valence-electron chi connectivity index (χ1n) is 3.66. The Labute approximate surface area is 71.2 Å². The molecule has 0 unspecified atom stereocenters. The van der Waals surface area contributed by atoms with Crippen LogP contribution in [0.15, 0.2) is 12.1 Å². The summed E-state index contributed by atoms with van der Waals surface area (Å²) in [4.78, 5) is 0. The van der Waals surface area contributed by atoms with Crippen molar-refractivity contribution in [3.8, 4) is 11.5 Å². The number of benzene rings is 1. The second-order valence-electron chi connectivity index (χ2n) is 2.61. The lowest BCUT2D eigenvalue weighted by Gasteiger charge is -2.07. The smallest absolute Gasteiger partial charge is 0.125 e. The summed E-state index contributed by atoms with van der Waals surface area (Å²) in [7, 11) is 1.54. The van der Waals surface area contributed by atoms with Gasteiger partial charge in [0, 0.05) is 11.6 Å². The predicted molar refractivity (Wildman–Crippen MR) is 45.3 cm³/mol. The first kappa shape index (κ1) is 8.87. The number of aliphatic hydroxyl groups is 1. The third-order valence-electron chi connectivity index (χ3n) is 1.77. The summed E-state index contributed by atoms with van der Waals surface area (Å²) >= 11 is 0. The Kier molecular flexibility index (Phi) is 2.55. The fourth-order valence-electron chi connectivity index (χ4n) is 1.08. The predicted octanol–water partition coefficient (Wildman–Crippen LogP) is 1.20. The molecule has 0 aliphatic carbocycles. The zero-order valence-corrected chi connectivity index (χ0v) is 7.16. The molecule has 1 aromatic rings. The highest BCUT2D eigenvalue weighted by molar-refractivity contribution is 5.44. The molecule has 0 spiro atoms. The molecule has 3 heteroatoms. The van der Waals surface area contributed by atoms with Crippen LogP contribution in [0.3, 0.4) is 0 Å². The van der Waals surface area contributed by atoms with Gasteiger partial charge >= 0.3 is 0 Å². The fraction of sp³-hybridized carbons (Fsp3) is 0.333. The number of hydrogen-bond donors (Lipinski definition) is 2. The van der Waals surface area contributed by atoms with Crippen LogP contribution in [0.4, 0.5) is 0 Å². The molecule has 0 fully saturated rings. The van der Waals surface area contributed by atoms with Crippen molar-refractivity contribution in [1.29, 1.82) is 0 Å². The zero-order valence-electron chi connectivity index (χ0n) is 7.16. The van der Waals surface area contributed by atoms with Gasteiger partial charge in [-0.15, -0.1) is 0 Å². The van der Waals surface area contributed by atoms with E-state index in [4.69, 9.17) is 9.84 Å². The maximum absolute atomic E-state index is 9.31. The number of phenols is 1. The van der Waals surface area contributed by atoms with Gasteiger partial charge < -0.3 is 14.9 Å². The molecular weight excluding hydrogens is 156 g/mol. The van der Waals surface area contributed by atoms with Crippen LogP contribution < -0.4 is 4.74 Å². The average molecular weight is 168 g/mol. The number of methoxy groups -OCH3 is 1. The van der Waals surface area contributed by atoms with Crippen LogP contribution in [0.25, 0.3) is 0 Å². The van der Waals surface area contributed by atoms with E-state index in [9.17, 15) is 5.11 Å². The van der Waals surface area contributed by atoms with E-state index in [1.54, 1.807) is 13.2 Å². The zero-order chi connectivity index (χ0) is 9.14. The third kappa shape index (κ3) is 1.51. The molecular formula is C9H12O3. The Morgan fingerprint density at radius 3 is 2.58 bits per heavy atom. The Morgan fingerprint density at radius 1 is 1.42 bits per heavy atom. The van der Waals surface area contributed by atoms with Gasteiger partial charge in [0.2, 0.25) is 0 Å². The minimum Gasteiger partial charge on any atom is -0.507 e. The number of aliphatic hydroxyl groups excluding tert-OH is 1. The monoisotopic (exact) mass is 168 g/mol. The molecule has 0 amide bonds. The molecule has 66 valence electrons. The molecule has 2 N–H and O–H groups in total. The van der Waals surface area contributed by atoms with Crippen LogP contribution in [0.5, 0.6) is 11.5 Å². The van der Waals surface area contributed by atoms with Crippen molar-refractivity contribution in [1.82, 2.24) is 0 Å². The number of ether oxygens (including phenoxy) is 1. The van der Waals surface area contributed by atoms with Gasteiger partial charge in [-0.05, 0) is 18.6 Å². The van der Waals surface area contributed by atoms with Gasteiger partial charge in [0.1, 0.15) is 11.5 Å². The van der Waals surface area contributed by atoms with Crippen molar-refractivity contribution >= 4 is 0 Å². The van der Waals surface area contributed by atoms with Gasteiger partial charge in [0.25, 0.3) is 0 Å². The molecule has 0 saturated carbocycles. The highest BCUT2D eigenvalue weighted by Gasteiger charge is 2.05.